The van der Waals surface area contributed by atoms with Gasteiger partial charge in [0.1, 0.15) is 0 Å². The number of carbonyl (C=O) groups excluding carboxylic acids is 2. The van der Waals surface area contributed by atoms with E-state index in [1.54, 1.807) is 20.9 Å². The molecule has 0 rings (SSSR count). The van der Waals surface area contributed by atoms with Crippen LogP contribution in [0.25, 0.3) is 0 Å². The fraction of sp³-hybridized carbons (Fsp3) is 0.636. The van der Waals surface area contributed by atoms with E-state index in [4.69, 9.17) is 21.7 Å². The Balaban J connectivity index is 4.84. The van der Waals surface area contributed by atoms with Gasteiger partial charge in [-0.15, -0.1) is 0 Å². The minimum Gasteiger partial charge on any atom is -0.465 e. The lowest BCUT2D eigenvalue weighted by atomic mass is 10.2. The third-order valence-electron chi connectivity index (χ3n) is 1.91. The van der Waals surface area contributed by atoms with Crippen molar-refractivity contribution in [1.82, 2.24) is 5.01 Å². The van der Waals surface area contributed by atoms with Gasteiger partial charge in [-0.3, -0.25) is 14.6 Å². The summed E-state index contributed by atoms with van der Waals surface area (Å²) < 4.78 is 10.1. The molecule has 0 saturated carbocycles. The lowest BCUT2D eigenvalue weighted by Gasteiger charge is -2.14. The van der Waals surface area contributed by atoms with Crippen LogP contribution in [0.1, 0.15) is 13.8 Å². The van der Waals surface area contributed by atoms with Crippen LogP contribution in [-0.4, -0.2) is 54.0 Å². The molecule has 0 unspecified atom stereocenters. The average Bonchev–Trinajstić information content (AvgIpc) is 2.38. The second-order valence-corrected chi connectivity index (χ2v) is 4.68. The number of thioether (sulfide) groups is 1. The topological polar surface area (TPSA) is 68.2 Å². The lowest BCUT2D eigenvalue weighted by molar-refractivity contribution is -0.157. The fourth-order valence-electron chi connectivity index (χ4n) is 1.03. The molecule has 6 nitrogen and oxygen atoms in total. The maximum atomic E-state index is 11.6. The maximum Gasteiger partial charge on any atom is 0.325 e. The van der Waals surface area contributed by atoms with Crippen molar-refractivity contribution in [2.24, 2.45) is 11.0 Å². The largest absolute Gasteiger partial charge is 0.465 e. The van der Waals surface area contributed by atoms with Crippen LogP contribution >= 0.6 is 24.0 Å². The summed E-state index contributed by atoms with van der Waals surface area (Å²) in [4.78, 5) is 23.3. The van der Waals surface area contributed by atoms with Gasteiger partial charge in [0.05, 0.1) is 19.4 Å². The number of ether oxygens (including phenoxy) is 2. The zero-order valence-corrected chi connectivity index (χ0v) is 13.0. The van der Waals surface area contributed by atoms with Crippen LogP contribution in [0.3, 0.4) is 0 Å². The standard InChI is InChI=1S/C11H18N2O4S2/c1-5-16-9(14)8(10(15)17-6-2)7-12-13(3)11(18)19-4/h7-8H,5-6H2,1-4H3/b12-7-. The van der Waals surface area contributed by atoms with Crippen molar-refractivity contribution >= 4 is 46.5 Å². The van der Waals surface area contributed by atoms with Gasteiger partial charge in [0.15, 0.2) is 10.2 Å². The third kappa shape index (κ3) is 6.53. The van der Waals surface area contributed by atoms with Crippen LogP contribution in [0.2, 0.25) is 0 Å². The third-order valence-corrected chi connectivity index (χ3v) is 3.29. The molecule has 19 heavy (non-hydrogen) atoms. The van der Waals surface area contributed by atoms with E-state index in [0.29, 0.717) is 4.32 Å². The highest BCUT2D eigenvalue weighted by Crippen LogP contribution is 2.05. The van der Waals surface area contributed by atoms with Gasteiger partial charge in [0, 0.05) is 7.05 Å². The van der Waals surface area contributed by atoms with Crippen LogP contribution in [0, 0.1) is 5.92 Å². The average molecular weight is 306 g/mol. The van der Waals surface area contributed by atoms with E-state index >= 15 is 0 Å². The normalized spacial score (nSPS) is 10.6. The molecule has 8 heteroatoms. The van der Waals surface area contributed by atoms with E-state index in [-0.39, 0.29) is 13.2 Å². The molecule has 0 radical (unpaired) electrons. The summed E-state index contributed by atoms with van der Waals surface area (Å²) in [6, 6.07) is 0. The van der Waals surface area contributed by atoms with Crippen LogP contribution in [0.5, 0.6) is 0 Å². The van der Waals surface area contributed by atoms with E-state index in [0.717, 1.165) is 0 Å². The van der Waals surface area contributed by atoms with Gasteiger partial charge in [-0.1, -0.05) is 24.0 Å². The van der Waals surface area contributed by atoms with Gasteiger partial charge in [-0.25, -0.2) is 0 Å². The number of hydrogen-bond acceptors (Lipinski definition) is 7. The quantitative estimate of drug-likeness (QED) is 0.241. The van der Waals surface area contributed by atoms with E-state index in [1.165, 1.54) is 23.0 Å². The Bertz CT molecular complexity index is 343. The second-order valence-electron chi connectivity index (χ2n) is 3.24. The molecule has 0 fully saturated rings. The second kappa shape index (κ2) is 9.74. The summed E-state index contributed by atoms with van der Waals surface area (Å²) in [5.41, 5.74) is 0. The summed E-state index contributed by atoms with van der Waals surface area (Å²) in [7, 11) is 1.63. The Kier molecular flexibility index (Phi) is 9.15. The Labute approximate surface area is 122 Å². The molecule has 0 aliphatic carbocycles. The first-order valence-electron chi connectivity index (χ1n) is 5.66. The molecule has 0 aliphatic heterocycles. The van der Waals surface area contributed by atoms with Gasteiger partial charge < -0.3 is 9.47 Å². The predicted molar refractivity (Wildman–Crippen MR) is 79.1 cm³/mol. The molecule has 108 valence electrons. The first kappa shape index (κ1) is 17.8. The predicted octanol–water partition coefficient (Wildman–Crippen LogP) is 1.29. The van der Waals surface area contributed by atoms with Gasteiger partial charge >= 0.3 is 11.9 Å². The highest BCUT2D eigenvalue weighted by molar-refractivity contribution is 8.22. The molecule has 0 aromatic carbocycles. The Morgan fingerprint density at radius 3 is 2.16 bits per heavy atom. The molecule has 0 saturated heterocycles. The van der Waals surface area contributed by atoms with E-state index < -0.39 is 17.9 Å². The minimum atomic E-state index is -1.17. The summed E-state index contributed by atoms with van der Waals surface area (Å²) in [5, 5.41) is 5.34. The number of hydrazone groups is 1. The first-order valence-corrected chi connectivity index (χ1v) is 7.30. The minimum absolute atomic E-state index is 0.182. The number of nitrogens with zero attached hydrogens (tertiary/aromatic N) is 2. The summed E-state index contributed by atoms with van der Waals surface area (Å²) in [5.74, 6) is -2.55. The zero-order chi connectivity index (χ0) is 14.8. The van der Waals surface area contributed by atoms with Gasteiger partial charge in [-0.2, -0.15) is 5.10 Å². The van der Waals surface area contributed by atoms with Crippen molar-refractivity contribution in [2.45, 2.75) is 13.8 Å². The highest BCUT2D eigenvalue weighted by Gasteiger charge is 2.28. The molecule has 0 amide bonds. The first-order chi connectivity index (χ1) is 8.97. The summed E-state index contributed by atoms with van der Waals surface area (Å²) in [6.45, 7) is 3.68. The van der Waals surface area contributed by atoms with E-state index in [1.807, 2.05) is 6.26 Å². The van der Waals surface area contributed by atoms with Gasteiger partial charge in [-0.05, 0) is 20.1 Å². The van der Waals surface area contributed by atoms with Crippen molar-refractivity contribution < 1.29 is 19.1 Å². The molecule has 0 aliphatic rings. The van der Waals surface area contributed by atoms with E-state index in [2.05, 4.69) is 5.10 Å². The van der Waals surface area contributed by atoms with Crippen molar-refractivity contribution in [2.75, 3.05) is 26.5 Å². The van der Waals surface area contributed by atoms with Crippen LogP contribution in [0.15, 0.2) is 5.10 Å². The fourth-order valence-corrected chi connectivity index (χ4v) is 1.39. The molecule has 0 atom stereocenters. The zero-order valence-electron chi connectivity index (χ0n) is 11.4. The molecule has 0 bridgehead atoms. The Hall–Kier alpha value is -1.15. The smallest absolute Gasteiger partial charge is 0.325 e. The Morgan fingerprint density at radius 2 is 1.79 bits per heavy atom. The molecule has 0 spiro atoms. The molecular formula is C11H18N2O4S2. The van der Waals surface area contributed by atoms with Crippen LogP contribution in [-0.2, 0) is 19.1 Å². The van der Waals surface area contributed by atoms with Crippen molar-refractivity contribution in [3.8, 4) is 0 Å². The Morgan fingerprint density at radius 1 is 1.32 bits per heavy atom. The van der Waals surface area contributed by atoms with Crippen molar-refractivity contribution in [3.05, 3.63) is 0 Å². The highest BCUT2D eigenvalue weighted by atomic mass is 32.2. The van der Waals surface area contributed by atoms with Gasteiger partial charge in [0.25, 0.3) is 0 Å². The summed E-state index contributed by atoms with van der Waals surface area (Å²) in [6.07, 6.45) is 2.99. The maximum absolute atomic E-state index is 11.6. The lowest BCUT2D eigenvalue weighted by Crippen LogP contribution is -2.30. The van der Waals surface area contributed by atoms with Crippen LogP contribution < -0.4 is 0 Å². The SMILES string of the molecule is CCOC(=O)C(/C=N\N(C)C(=S)SC)C(=O)OCC. The number of hydrogen-bond donors (Lipinski definition) is 0. The van der Waals surface area contributed by atoms with Gasteiger partial charge in [0.2, 0.25) is 0 Å². The molecule has 0 aromatic heterocycles. The molecular weight excluding hydrogens is 288 g/mol. The number of carbonyl (C=O) groups is 2. The molecule has 0 N–H and O–H groups in total. The van der Waals surface area contributed by atoms with Crippen LogP contribution in [0.4, 0.5) is 0 Å². The molecule has 0 heterocycles. The number of thiocarbonyl (C=S) groups is 1. The number of rotatable bonds is 6. The molecule has 0 aromatic rings. The van der Waals surface area contributed by atoms with Crippen molar-refractivity contribution in [1.29, 1.82) is 0 Å². The van der Waals surface area contributed by atoms with Crippen molar-refractivity contribution in [3.63, 3.8) is 0 Å². The number of esters is 2. The summed E-state index contributed by atoms with van der Waals surface area (Å²) >= 11 is 6.34. The monoisotopic (exact) mass is 306 g/mol. The van der Waals surface area contributed by atoms with E-state index in [9.17, 15) is 9.59 Å².